The molecule has 0 aromatic heterocycles. The van der Waals surface area contributed by atoms with Gasteiger partial charge < -0.3 is 4.72 Å². The van der Waals surface area contributed by atoms with Gasteiger partial charge in [-0.15, -0.1) is 12.4 Å². The molecule has 0 bridgehead atoms. The summed E-state index contributed by atoms with van der Waals surface area (Å²) in [6.45, 7) is 0. The fourth-order valence-electron chi connectivity index (χ4n) is 1.13. The van der Waals surface area contributed by atoms with Crippen molar-refractivity contribution in [1.82, 2.24) is 0 Å². The molecule has 0 spiro atoms. The second kappa shape index (κ2) is 4.64. The van der Waals surface area contributed by atoms with Crippen LogP contribution in [0.5, 0.6) is 0 Å². The van der Waals surface area contributed by atoms with Crippen molar-refractivity contribution in [1.29, 1.82) is 0 Å². The summed E-state index contributed by atoms with van der Waals surface area (Å²) in [7, 11) is 0. The molecular weight excluding hydrogens is 136 g/mol. The van der Waals surface area contributed by atoms with Crippen molar-refractivity contribution in [3.63, 3.8) is 0 Å². The van der Waals surface area contributed by atoms with Crippen LogP contribution >= 0.6 is 12.4 Å². The van der Waals surface area contributed by atoms with E-state index in [2.05, 4.69) is 0 Å². The van der Waals surface area contributed by atoms with E-state index >= 15 is 0 Å². The van der Waals surface area contributed by atoms with Crippen LogP contribution in [0.25, 0.3) is 0 Å². The number of hydrogen-bond acceptors (Lipinski definition) is 1. The van der Waals surface area contributed by atoms with E-state index < -0.39 is 14.4 Å². The maximum absolute atomic E-state index is 5.77. The van der Waals surface area contributed by atoms with E-state index in [1.54, 1.807) is 0 Å². The van der Waals surface area contributed by atoms with Crippen LogP contribution in [0.4, 0.5) is 0 Å². The Labute approximate surface area is 61.7 Å². The van der Waals surface area contributed by atoms with Crippen molar-refractivity contribution in [2.45, 2.75) is 29.8 Å². The second-order valence-corrected chi connectivity index (χ2v) is 5.07. The van der Waals surface area contributed by atoms with Gasteiger partial charge in [0.25, 0.3) is 0 Å². The highest BCUT2D eigenvalue weighted by molar-refractivity contribution is 6.55. The molecule has 1 heterocycles. The molecule has 1 nitrogen and oxygen atoms in total. The van der Waals surface area contributed by atoms with Crippen molar-refractivity contribution in [2.75, 3.05) is 0 Å². The average molecular weight is 150 g/mol. The van der Waals surface area contributed by atoms with Crippen molar-refractivity contribution in [3.05, 3.63) is 0 Å². The third-order valence-corrected chi connectivity index (χ3v) is 3.95. The lowest BCUT2D eigenvalue weighted by atomic mass is 10.3. The summed E-state index contributed by atoms with van der Waals surface area (Å²) in [5.41, 5.74) is 0. The minimum atomic E-state index is -0.595. The first-order valence-electron chi connectivity index (χ1n) is 3.15. The molecule has 3 heteroatoms. The molecule has 0 aromatic carbocycles. The molecule has 0 radical (unpaired) electrons. The Balaban J connectivity index is 0.000000490. The molecule has 0 unspecified atom stereocenters. The zero-order valence-electron chi connectivity index (χ0n) is 5.10. The zero-order valence-corrected chi connectivity index (χ0v) is 7.07. The maximum Gasteiger partial charge on any atom is 0.367 e. The van der Waals surface area contributed by atoms with Crippen molar-refractivity contribution >= 4 is 26.8 Å². The van der Waals surface area contributed by atoms with Crippen molar-refractivity contribution in [2.24, 2.45) is 4.72 Å². The molecule has 8 heavy (non-hydrogen) atoms. The van der Waals surface area contributed by atoms with Gasteiger partial charge in [0, 0.05) is 0 Å². The van der Waals surface area contributed by atoms with Gasteiger partial charge in [-0.3, -0.25) is 0 Å². The van der Waals surface area contributed by atoms with Crippen LogP contribution < -0.4 is 4.72 Å². The van der Waals surface area contributed by atoms with Crippen LogP contribution in [0.15, 0.2) is 0 Å². The molecule has 1 aliphatic rings. The van der Waals surface area contributed by atoms with E-state index in [1.807, 2.05) is 0 Å². The fourth-order valence-corrected chi connectivity index (χ4v) is 3.05. The topological polar surface area (TPSA) is 26.0 Å². The first kappa shape index (κ1) is 8.78. The standard InChI is InChI=1S/C5H10.Al.ClH.H2N/c1-3-5-4-2;;;/h1-5H2;;1H;1H2/q;+1;;-1. The Hall–Kier alpha value is 0.782. The normalized spacial score (nSPS) is 19.9. The molecule has 48 valence electrons. The highest BCUT2D eigenvalue weighted by Gasteiger charge is 2.14. The molecule has 0 aliphatic carbocycles. The van der Waals surface area contributed by atoms with E-state index in [4.69, 9.17) is 4.72 Å². The van der Waals surface area contributed by atoms with Crippen LogP contribution in [0.3, 0.4) is 0 Å². The Morgan fingerprint density at radius 1 is 1.00 bits per heavy atom. The monoisotopic (exact) mass is 149 g/mol. The van der Waals surface area contributed by atoms with Gasteiger partial charge in [-0.05, 0) is 0 Å². The summed E-state index contributed by atoms with van der Waals surface area (Å²) < 4.78 is 5.77. The molecule has 1 fully saturated rings. The summed E-state index contributed by atoms with van der Waals surface area (Å²) in [5, 5.41) is 2.81. The van der Waals surface area contributed by atoms with E-state index in [-0.39, 0.29) is 12.4 Å². The summed E-state index contributed by atoms with van der Waals surface area (Å²) in [5.74, 6) is 0. The predicted octanol–water partition coefficient (Wildman–Crippen LogP) is 1.54. The number of hydrogen-bond donors (Lipinski definition) is 1. The van der Waals surface area contributed by atoms with Gasteiger partial charge >= 0.3 is 14.4 Å². The lowest BCUT2D eigenvalue weighted by molar-refractivity contribution is 0.722. The molecule has 1 aliphatic heterocycles. The molecule has 0 saturated carbocycles. The van der Waals surface area contributed by atoms with Crippen LogP contribution in [-0.4, -0.2) is 14.4 Å². The van der Waals surface area contributed by atoms with Gasteiger partial charge in [-0.2, -0.15) is 0 Å². The van der Waals surface area contributed by atoms with Gasteiger partial charge in [-0.25, -0.2) is 0 Å². The Bertz CT molecular complexity index is 54.4. The van der Waals surface area contributed by atoms with Crippen LogP contribution in [0.1, 0.15) is 19.3 Å². The van der Waals surface area contributed by atoms with Crippen molar-refractivity contribution in [3.8, 4) is 0 Å². The van der Waals surface area contributed by atoms with Gasteiger partial charge in [0.2, 0.25) is 0 Å². The summed E-state index contributed by atoms with van der Waals surface area (Å²) >= 11 is -0.595. The summed E-state index contributed by atoms with van der Waals surface area (Å²) in [6.07, 6.45) is 4.29. The first-order valence-corrected chi connectivity index (χ1v) is 5.45. The van der Waals surface area contributed by atoms with Crippen LogP contribution in [0.2, 0.25) is 10.6 Å². The second-order valence-electron chi connectivity index (χ2n) is 2.40. The number of rotatable bonds is 0. The van der Waals surface area contributed by atoms with Crippen LogP contribution in [-0.2, 0) is 0 Å². The van der Waals surface area contributed by atoms with Gasteiger partial charge in [-0.1, -0.05) is 29.8 Å². The Morgan fingerprint density at radius 2 is 1.50 bits per heavy atom. The lowest BCUT2D eigenvalue weighted by Crippen LogP contribution is -2.26. The van der Waals surface area contributed by atoms with E-state index in [0.29, 0.717) is 0 Å². The molecule has 1 saturated heterocycles. The molecule has 0 aromatic rings. The molecule has 1 rings (SSSR count). The Kier molecular flexibility index (Phi) is 5.10. The van der Waals surface area contributed by atoms with Crippen LogP contribution in [0, 0.1) is 0 Å². The minimum absolute atomic E-state index is 0. The van der Waals surface area contributed by atoms with E-state index in [1.165, 1.54) is 29.8 Å². The predicted molar refractivity (Wildman–Crippen MR) is 40.7 cm³/mol. The third kappa shape index (κ3) is 2.94. The largest absolute Gasteiger partial charge is 0.413 e. The fraction of sp³-hybridized carbons (Fsp3) is 1.00. The number of halogens is 1. The van der Waals surface area contributed by atoms with Gasteiger partial charge in [0.15, 0.2) is 0 Å². The zero-order chi connectivity index (χ0) is 5.11. The highest BCUT2D eigenvalue weighted by atomic mass is 35.5. The first-order chi connectivity index (χ1) is 3.39. The molecule has 0 atom stereocenters. The quantitative estimate of drug-likeness (QED) is 0.520. The lowest BCUT2D eigenvalue weighted by Gasteiger charge is -2.10. The molecule has 2 N–H and O–H groups in total. The van der Waals surface area contributed by atoms with Crippen molar-refractivity contribution < 1.29 is 0 Å². The SMILES string of the molecule is Cl.[NH2][Al]1[CH2]CCC[CH2]1. The smallest absolute Gasteiger partial charge is 0.367 e. The maximum atomic E-state index is 5.77. The third-order valence-electron chi connectivity index (χ3n) is 1.65. The van der Waals surface area contributed by atoms with E-state index in [0.717, 1.165) is 0 Å². The highest BCUT2D eigenvalue weighted by Crippen LogP contribution is 2.14. The Morgan fingerprint density at radius 3 is 1.75 bits per heavy atom. The summed E-state index contributed by atoms with van der Waals surface area (Å²) in [4.78, 5) is 0. The van der Waals surface area contributed by atoms with Gasteiger partial charge in [0.1, 0.15) is 0 Å². The summed E-state index contributed by atoms with van der Waals surface area (Å²) in [6, 6.07) is 0. The number of nitrogens with two attached hydrogens (primary N) is 1. The minimum Gasteiger partial charge on any atom is -0.413 e. The molecule has 0 amide bonds. The average Bonchev–Trinajstić information content (AvgIpc) is 1.69. The van der Waals surface area contributed by atoms with E-state index in [9.17, 15) is 0 Å². The van der Waals surface area contributed by atoms with Gasteiger partial charge in [0.05, 0.1) is 0 Å². The molecular formula is C5H13AlClN.